The number of nitrogens with zero attached hydrogens (tertiary/aromatic N) is 2. The van der Waals surface area contributed by atoms with Gasteiger partial charge in [0.15, 0.2) is 5.96 Å². The van der Waals surface area contributed by atoms with Crippen molar-refractivity contribution in [2.24, 2.45) is 10.9 Å². The molecule has 1 saturated carbocycles. The molecule has 1 aromatic carbocycles. The molecule has 1 N–H and O–H groups in total. The Morgan fingerprint density at radius 3 is 2.62 bits per heavy atom. The van der Waals surface area contributed by atoms with E-state index in [1.807, 2.05) is 0 Å². The molecule has 26 heavy (non-hydrogen) atoms. The van der Waals surface area contributed by atoms with E-state index in [0.29, 0.717) is 31.1 Å². The van der Waals surface area contributed by atoms with Gasteiger partial charge in [-0.05, 0) is 36.5 Å². The van der Waals surface area contributed by atoms with E-state index in [4.69, 9.17) is 4.74 Å². The molecule has 0 aromatic heterocycles. The molecule has 0 aliphatic heterocycles. The summed E-state index contributed by atoms with van der Waals surface area (Å²) < 4.78 is 57.7. The molecule has 2 rings (SSSR count). The van der Waals surface area contributed by atoms with Crippen LogP contribution in [0.1, 0.15) is 24.0 Å². The molecular weight excluding hydrogens is 465 g/mol. The van der Waals surface area contributed by atoms with E-state index in [9.17, 15) is 17.6 Å². The third-order valence-corrected chi connectivity index (χ3v) is 4.01. The van der Waals surface area contributed by atoms with Gasteiger partial charge in [0.1, 0.15) is 5.82 Å². The van der Waals surface area contributed by atoms with E-state index in [0.717, 1.165) is 18.7 Å². The standard InChI is InChI=1S/C17H23F4N3O.HI/c1-22-16(24(2)7-8-25-11-12-3-4-12)23-10-13-5-6-14(18)9-15(13)17(19,20)21;/h5-6,9,12H,3-4,7-8,10-11H2,1-2H3,(H,22,23);1H. The second kappa shape index (κ2) is 10.3. The first-order valence-electron chi connectivity index (χ1n) is 8.16. The predicted molar refractivity (Wildman–Crippen MR) is 103 cm³/mol. The van der Waals surface area contributed by atoms with Crippen LogP contribution in [-0.4, -0.2) is 44.7 Å². The molecule has 1 aliphatic rings. The Morgan fingerprint density at radius 1 is 1.35 bits per heavy atom. The molecule has 1 fully saturated rings. The van der Waals surface area contributed by atoms with E-state index in [1.54, 1.807) is 19.0 Å². The summed E-state index contributed by atoms with van der Waals surface area (Å²) >= 11 is 0. The van der Waals surface area contributed by atoms with Gasteiger partial charge in [-0.25, -0.2) is 4.39 Å². The van der Waals surface area contributed by atoms with Gasteiger partial charge in [0.2, 0.25) is 0 Å². The van der Waals surface area contributed by atoms with Gasteiger partial charge in [-0.3, -0.25) is 4.99 Å². The van der Waals surface area contributed by atoms with Crippen LogP contribution in [-0.2, 0) is 17.5 Å². The summed E-state index contributed by atoms with van der Waals surface area (Å²) in [6.45, 7) is 1.75. The van der Waals surface area contributed by atoms with Crippen LogP contribution in [0.4, 0.5) is 17.6 Å². The van der Waals surface area contributed by atoms with Gasteiger partial charge in [-0.2, -0.15) is 13.2 Å². The van der Waals surface area contributed by atoms with Crippen LogP contribution in [0.5, 0.6) is 0 Å². The molecule has 9 heteroatoms. The van der Waals surface area contributed by atoms with E-state index in [-0.39, 0.29) is 36.1 Å². The van der Waals surface area contributed by atoms with Crippen LogP contribution in [0.15, 0.2) is 23.2 Å². The summed E-state index contributed by atoms with van der Waals surface area (Å²) in [5.41, 5.74) is -1.01. The van der Waals surface area contributed by atoms with Crippen molar-refractivity contribution in [1.82, 2.24) is 10.2 Å². The molecular formula is C17H24F4IN3O. The van der Waals surface area contributed by atoms with Crippen LogP contribution < -0.4 is 5.32 Å². The van der Waals surface area contributed by atoms with Crippen LogP contribution >= 0.6 is 24.0 Å². The summed E-state index contributed by atoms with van der Waals surface area (Å²) in [5, 5.41) is 2.88. The highest BCUT2D eigenvalue weighted by atomic mass is 127. The SMILES string of the molecule is CN=C(NCc1ccc(F)cc1C(F)(F)F)N(C)CCOCC1CC1.I. The Bertz CT molecular complexity index is 606. The Morgan fingerprint density at radius 2 is 2.04 bits per heavy atom. The molecule has 0 amide bonds. The smallest absolute Gasteiger partial charge is 0.379 e. The van der Waals surface area contributed by atoms with Crippen LogP contribution in [0.2, 0.25) is 0 Å². The molecule has 1 aromatic rings. The Kier molecular flexibility index (Phi) is 9.08. The minimum absolute atomic E-state index is 0. The van der Waals surface area contributed by atoms with Crippen molar-refractivity contribution >= 4 is 29.9 Å². The summed E-state index contributed by atoms with van der Waals surface area (Å²) in [7, 11) is 3.34. The first kappa shape index (κ1) is 22.9. The number of hydrogen-bond acceptors (Lipinski definition) is 2. The first-order valence-corrected chi connectivity index (χ1v) is 8.16. The zero-order valence-electron chi connectivity index (χ0n) is 14.8. The number of hydrogen-bond donors (Lipinski definition) is 1. The summed E-state index contributed by atoms with van der Waals surface area (Å²) in [6, 6.07) is 2.66. The highest BCUT2D eigenvalue weighted by Gasteiger charge is 2.33. The monoisotopic (exact) mass is 489 g/mol. The number of aliphatic imine (C=N–C) groups is 1. The molecule has 4 nitrogen and oxygen atoms in total. The number of likely N-dealkylation sites (N-methyl/N-ethyl adjacent to an activating group) is 1. The Hall–Kier alpha value is -1.10. The number of benzene rings is 1. The molecule has 0 bridgehead atoms. The minimum Gasteiger partial charge on any atom is -0.379 e. The number of ether oxygens (including phenoxy) is 1. The zero-order chi connectivity index (χ0) is 18.4. The van der Waals surface area contributed by atoms with E-state index >= 15 is 0 Å². The average Bonchev–Trinajstić information content (AvgIpc) is 3.36. The predicted octanol–water partition coefficient (Wildman–Crippen LogP) is 3.90. The molecule has 0 heterocycles. The molecule has 0 spiro atoms. The second-order valence-corrected chi connectivity index (χ2v) is 6.14. The molecule has 0 saturated heterocycles. The van der Waals surface area contributed by atoms with Gasteiger partial charge in [0.25, 0.3) is 0 Å². The number of nitrogens with one attached hydrogen (secondary N) is 1. The number of guanidine groups is 1. The normalized spacial score (nSPS) is 14.8. The Balaban J connectivity index is 0.00000338. The van der Waals surface area contributed by atoms with Gasteiger partial charge in [0.05, 0.1) is 12.2 Å². The van der Waals surface area contributed by atoms with Gasteiger partial charge in [-0.1, -0.05) is 6.07 Å². The van der Waals surface area contributed by atoms with Crippen molar-refractivity contribution in [1.29, 1.82) is 0 Å². The quantitative estimate of drug-likeness (QED) is 0.208. The maximum atomic E-state index is 13.1. The van der Waals surface area contributed by atoms with Crippen LogP contribution in [0.3, 0.4) is 0 Å². The fourth-order valence-electron chi connectivity index (χ4n) is 2.37. The molecule has 148 valence electrons. The van der Waals surface area contributed by atoms with Gasteiger partial charge in [-0.15, -0.1) is 24.0 Å². The summed E-state index contributed by atoms with van der Waals surface area (Å²) in [5.74, 6) is 0.222. The third kappa shape index (κ3) is 7.26. The first-order chi connectivity index (χ1) is 11.8. The lowest BCUT2D eigenvalue weighted by molar-refractivity contribution is -0.138. The van der Waals surface area contributed by atoms with Crippen molar-refractivity contribution in [2.75, 3.05) is 33.9 Å². The molecule has 0 radical (unpaired) electrons. The molecule has 0 unspecified atom stereocenters. The van der Waals surface area contributed by atoms with E-state index in [1.165, 1.54) is 12.8 Å². The van der Waals surface area contributed by atoms with Crippen LogP contribution in [0, 0.1) is 11.7 Å². The topological polar surface area (TPSA) is 36.9 Å². The summed E-state index contributed by atoms with van der Waals surface area (Å²) in [6.07, 6.45) is -2.16. The van der Waals surface area contributed by atoms with Gasteiger partial charge in [0, 0.05) is 33.8 Å². The largest absolute Gasteiger partial charge is 0.416 e. The average molecular weight is 489 g/mol. The highest BCUT2D eigenvalue weighted by molar-refractivity contribution is 14.0. The van der Waals surface area contributed by atoms with E-state index < -0.39 is 17.6 Å². The third-order valence-electron chi connectivity index (χ3n) is 4.01. The number of halogens is 5. The number of alkyl halides is 3. The van der Waals surface area contributed by atoms with Gasteiger partial charge >= 0.3 is 6.18 Å². The van der Waals surface area contributed by atoms with Crippen LogP contribution in [0.25, 0.3) is 0 Å². The summed E-state index contributed by atoms with van der Waals surface area (Å²) in [4.78, 5) is 5.84. The fraction of sp³-hybridized carbons (Fsp3) is 0.588. The fourth-order valence-corrected chi connectivity index (χ4v) is 2.37. The molecule has 1 aliphatic carbocycles. The van der Waals surface area contributed by atoms with E-state index in [2.05, 4.69) is 10.3 Å². The number of rotatable bonds is 7. The lowest BCUT2D eigenvalue weighted by Gasteiger charge is -2.23. The van der Waals surface area contributed by atoms with Gasteiger partial charge < -0.3 is 15.0 Å². The van der Waals surface area contributed by atoms with Crippen molar-refractivity contribution in [3.63, 3.8) is 0 Å². The van der Waals surface area contributed by atoms with Crippen molar-refractivity contribution < 1.29 is 22.3 Å². The maximum absolute atomic E-state index is 13.1. The lowest BCUT2D eigenvalue weighted by Crippen LogP contribution is -2.40. The highest BCUT2D eigenvalue weighted by Crippen LogP contribution is 2.32. The second-order valence-electron chi connectivity index (χ2n) is 6.14. The lowest BCUT2D eigenvalue weighted by atomic mass is 10.1. The minimum atomic E-state index is -4.61. The van der Waals surface area contributed by atoms with Crippen molar-refractivity contribution in [3.8, 4) is 0 Å². The van der Waals surface area contributed by atoms with Crippen molar-refractivity contribution in [3.05, 3.63) is 35.1 Å². The van der Waals surface area contributed by atoms with Crippen molar-refractivity contribution in [2.45, 2.75) is 25.6 Å². The molecule has 0 atom stereocenters. The zero-order valence-corrected chi connectivity index (χ0v) is 17.1. The maximum Gasteiger partial charge on any atom is 0.416 e. The Labute approximate surface area is 168 Å².